The van der Waals surface area contributed by atoms with Gasteiger partial charge < -0.3 is 25.2 Å². The number of methoxy groups -OCH3 is 1. The number of carboxylic acids is 1. The van der Waals surface area contributed by atoms with Crippen molar-refractivity contribution in [2.75, 3.05) is 13.7 Å². The van der Waals surface area contributed by atoms with Crippen LogP contribution in [0.15, 0.2) is 18.2 Å². The number of para-hydroxylation sites is 1. The van der Waals surface area contributed by atoms with E-state index in [0.717, 1.165) is 18.4 Å². The number of ether oxygens (including phenoxy) is 2. The maximum Gasteiger partial charge on any atom is 0.315 e. The van der Waals surface area contributed by atoms with Gasteiger partial charge >= 0.3 is 12.0 Å². The van der Waals surface area contributed by atoms with E-state index in [2.05, 4.69) is 10.6 Å². The van der Waals surface area contributed by atoms with Crippen molar-refractivity contribution in [1.29, 1.82) is 0 Å². The Morgan fingerprint density at radius 2 is 2.00 bits per heavy atom. The Labute approximate surface area is 141 Å². The molecule has 7 nitrogen and oxygen atoms in total. The Morgan fingerprint density at radius 3 is 2.67 bits per heavy atom. The van der Waals surface area contributed by atoms with Gasteiger partial charge in [0.05, 0.1) is 19.6 Å². The second-order valence-electron chi connectivity index (χ2n) is 5.73. The molecular formula is C17H24N2O5. The van der Waals surface area contributed by atoms with Gasteiger partial charge in [-0.15, -0.1) is 0 Å². The summed E-state index contributed by atoms with van der Waals surface area (Å²) in [5.74, 6) is 0.362. The van der Waals surface area contributed by atoms with E-state index in [1.807, 2.05) is 18.2 Å². The summed E-state index contributed by atoms with van der Waals surface area (Å²) in [7, 11) is 1.59. The van der Waals surface area contributed by atoms with Crippen molar-refractivity contribution in [2.24, 2.45) is 0 Å². The summed E-state index contributed by atoms with van der Waals surface area (Å²) < 4.78 is 11.5. The fourth-order valence-electron chi connectivity index (χ4n) is 2.69. The summed E-state index contributed by atoms with van der Waals surface area (Å²) in [6.45, 7) is 0.364. The lowest BCUT2D eigenvalue weighted by Crippen LogP contribution is -2.36. The molecule has 0 unspecified atom stereocenters. The highest BCUT2D eigenvalue weighted by Gasteiger charge is 2.20. The van der Waals surface area contributed by atoms with Crippen LogP contribution in [0.4, 0.5) is 4.79 Å². The van der Waals surface area contributed by atoms with Crippen LogP contribution in [-0.4, -0.2) is 36.9 Å². The summed E-state index contributed by atoms with van der Waals surface area (Å²) in [4.78, 5) is 22.2. The SMILES string of the molecule is COc1cccc(CNC(=O)NCCC(=O)O)c1OC1CCCC1. The number of hydrogen-bond acceptors (Lipinski definition) is 4. The Kier molecular flexibility index (Phi) is 6.72. The van der Waals surface area contributed by atoms with Crippen LogP contribution in [0.2, 0.25) is 0 Å². The van der Waals surface area contributed by atoms with Gasteiger partial charge in [0.15, 0.2) is 11.5 Å². The average molecular weight is 336 g/mol. The lowest BCUT2D eigenvalue weighted by molar-refractivity contribution is -0.136. The van der Waals surface area contributed by atoms with Crippen molar-refractivity contribution < 1.29 is 24.2 Å². The number of amides is 2. The molecule has 1 fully saturated rings. The largest absolute Gasteiger partial charge is 0.493 e. The van der Waals surface area contributed by atoms with E-state index < -0.39 is 12.0 Å². The number of rotatable bonds is 8. The number of urea groups is 1. The van der Waals surface area contributed by atoms with Gasteiger partial charge in [0.2, 0.25) is 0 Å². The predicted molar refractivity (Wildman–Crippen MR) is 88.4 cm³/mol. The van der Waals surface area contributed by atoms with E-state index in [9.17, 15) is 9.59 Å². The summed E-state index contributed by atoms with van der Waals surface area (Å²) in [5.41, 5.74) is 0.828. The van der Waals surface area contributed by atoms with Crippen LogP contribution in [0.25, 0.3) is 0 Å². The zero-order valence-corrected chi connectivity index (χ0v) is 13.8. The molecule has 0 heterocycles. The summed E-state index contributed by atoms with van der Waals surface area (Å²) in [6, 6.07) is 5.15. The first kappa shape index (κ1) is 17.9. The molecule has 0 spiro atoms. The fraction of sp³-hybridized carbons (Fsp3) is 0.529. The number of carbonyl (C=O) groups excluding carboxylic acids is 1. The van der Waals surface area contributed by atoms with E-state index in [1.54, 1.807) is 7.11 Å². The summed E-state index contributed by atoms with van der Waals surface area (Å²) >= 11 is 0. The van der Waals surface area contributed by atoms with Gasteiger partial charge in [0, 0.05) is 18.7 Å². The van der Waals surface area contributed by atoms with Crippen molar-refractivity contribution in [1.82, 2.24) is 10.6 Å². The molecule has 0 atom stereocenters. The molecule has 1 aromatic rings. The van der Waals surface area contributed by atoms with E-state index in [0.29, 0.717) is 11.5 Å². The molecular weight excluding hydrogens is 312 g/mol. The molecule has 0 radical (unpaired) electrons. The lowest BCUT2D eigenvalue weighted by atomic mass is 10.1. The first-order valence-corrected chi connectivity index (χ1v) is 8.16. The monoisotopic (exact) mass is 336 g/mol. The van der Waals surface area contributed by atoms with Gasteiger partial charge in [0.25, 0.3) is 0 Å². The van der Waals surface area contributed by atoms with E-state index in [4.69, 9.17) is 14.6 Å². The number of hydrogen-bond donors (Lipinski definition) is 3. The molecule has 0 aliphatic heterocycles. The topological polar surface area (TPSA) is 96.9 Å². The molecule has 132 valence electrons. The standard InChI is InChI=1S/C17H24N2O5/c1-23-14-8-4-5-12(16(14)24-13-6-2-3-7-13)11-19-17(22)18-10-9-15(20)21/h4-5,8,13H,2-3,6-7,9-11H2,1H3,(H,20,21)(H2,18,19,22). The zero-order valence-electron chi connectivity index (χ0n) is 13.8. The van der Waals surface area contributed by atoms with Gasteiger partial charge in [-0.25, -0.2) is 4.79 Å². The molecule has 7 heteroatoms. The Bertz CT molecular complexity index is 570. The number of carboxylic acid groups (broad SMARTS) is 1. The Morgan fingerprint density at radius 1 is 1.25 bits per heavy atom. The molecule has 1 aliphatic carbocycles. The summed E-state index contributed by atoms with van der Waals surface area (Å²) in [5, 5.41) is 13.8. The molecule has 3 N–H and O–H groups in total. The normalized spacial score (nSPS) is 14.2. The van der Waals surface area contributed by atoms with Gasteiger partial charge in [-0.1, -0.05) is 12.1 Å². The smallest absolute Gasteiger partial charge is 0.315 e. The molecule has 24 heavy (non-hydrogen) atoms. The van der Waals surface area contributed by atoms with Crippen LogP contribution < -0.4 is 20.1 Å². The van der Waals surface area contributed by atoms with Crippen LogP contribution in [0.5, 0.6) is 11.5 Å². The molecule has 1 aromatic carbocycles. The highest BCUT2D eigenvalue weighted by atomic mass is 16.5. The van der Waals surface area contributed by atoms with E-state index >= 15 is 0 Å². The third-order valence-electron chi connectivity index (χ3n) is 3.93. The second kappa shape index (κ2) is 9.00. The second-order valence-corrected chi connectivity index (χ2v) is 5.73. The molecule has 2 amide bonds. The first-order valence-electron chi connectivity index (χ1n) is 8.16. The predicted octanol–water partition coefficient (Wildman–Crippen LogP) is 2.29. The molecule has 2 rings (SSSR count). The minimum absolute atomic E-state index is 0.0880. The van der Waals surface area contributed by atoms with Crippen molar-refractivity contribution in [3.63, 3.8) is 0 Å². The van der Waals surface area contributed by atoms with Crippen LogP contribution >= 0.6 is 0 Å². The van der Waals surface area contributed by atoms with Crippen LogP contribution in [0, 0.1) is 0 Å². The van der Waals surface area contributed by atoms with E-state index in [-0.39, 0.29) is 25.6 Å². The summed E-state index contributed by atoms with van der Waals surface area (Å²) in [6.07, 6.45) is 4.46. The molecule has 1 saturated carbocycles. The van der Waals surface area contributed by atoms with Crippen molar-refractivity contribution in [3.05, 3.63) is 23.8 Å². The van der Waals surface area contributed by atoms with Crippen LogP contribution in [-0.2, 0) is 11.3 Å². The van der Waals surface area contributed by atoms with Crippen LogP contribution in [0.3, 0.4) is 0 Å². The number of nitrogens with one attached hydrogen (secondary N) is 2. The molecule has 0 saturated heterocycles. The van der Waals surface area contributed by atoms with Crippen molar-refractivity contribution in [3.8, 4) is 11.5 Å². The number of carbonyl (C=O) groups is 2. The quantitative estimate of drug-likeness (QED) is 0.677. The van der Waals surface area contributed by atoms with Gasteiger partial charge in [0.1, 0.15) is 0 Å². The lowest BCUT2D eigenvalue weighted by Gasteiger charge is -2.19. The average Bonchev–Trinajstić information content (AvgIpc) is 3.06. The van der Waals surface area contributed by atoms with Gasteiger partial charge in [-0.3, -0.25) is 4.79 Å². The Balaban J connectivity index is 1.95. The number of aliphatic carboxylic acids is 1. The van der Waals surface area contributed by atoms with Crippen molar-refractivity contribution >= 4 is 12.0 Å². The maximum absolute atomic E-state index is 11.7. The van der Waals surface area contributed by atoms with Crippen LogP contribution in [0.1, 0.15) is 37.7 Å². The third-order valence-corrected chi connectivity index (χ3v) is 3.93. The molecule has 1 aliphatic rings. The minimum atomic E-state index is -0.949. The zero-order chi connectivity index (χ0) is 17.4. The first-order chi connectivity index (χ1) is 11.6. The maximum atomic E-state index is 11.7. The molecule has 0 bridgehead atoms. The van der Waals surface area contributed by atoms with Crippen molar-refractivity contribution in [2.45, 2.75) is 44.8 Å². The number of benzene rings is 1. The highest BCUT2D eigenvalue weighted by molar-refractivity contribution is 5.75. The van der Waals surface area contributed by atoms with Gasteiger partial charge in [-0.05, 0) is 31.7 Å². The fourth-order valence-corrected chi connectivity index (χ4v) is 2.69. The molecule has 0 aromatic heterocycles. The highest BCUT2D eigenvalue weighted by Crippen LogP contribution is 2.34. The van der Waals surface area contributed by atoms with E-state index in [1.165, 1.54) is 12.8 Å². The minimum Gasteiger partial charge on any atom is -0.493 e. The van der Waals surface area contributed by atoms with Gasteiger partial charge in [-0.2, -0.15) is 0 Å². The Hall–Kier alpha value is -2.44. The third kappa shape index (κ3) is 5.33.